The molecule has 1 aliphatic rings. The van der Waals surface area contributed by atoms with Crippen molar-refractivity contribution in [2.24, 2.45) is 11.8 Å². The number of hydrogen-bond donors (Lipinski definition) is 2. The normalized spacial score (nSPS) is 21.2. The third kappa shape index (κ3) is 16.5. The Morgan fingerprint density at radius 2 is 1.42 bits per heavy atom. The van der Waals surface area contributed by atoms with E-state index in [0.29, 0.717) is 32.3 Å². The van der Waals surface area contributed by atoms with Gasteiger partial charge in [0.25, 0.3) is 0 Å². The Morgan fingerprint density at radius 3 is 1.92 bits per heavy atom. The van der Waals surface area contributed by atoms with Crippen molar-refractivity contribution in [1.82, 2.24) is 5.32 Å². The topological polar surface area (TPSA) is 122 Å². The molecule has 2 rings (SSSR count). The third-order valence-electron chi connectivity index (χ3n) is 13.4. The monoisotopic (exact) mass is 991 g/mol. The molecule has 1 aromatic rings. The number of rotatable bonds is 22. The lowest BCUT2D eigenvalue weighted by atomic mass is 9.89. The van der Waals surface area contributed by atoms with Gasteiger partial charge < -0.3 is 37.9 Å². The molecule has 1 heterocycles. The number of carboxylic acid groups (broad SMARTS) is 1. The summed E-state index contributed by atoms with van der Waals surface area (Å²) in [6, 6.07) is 7.84. The van der Waals surface area contributed by atoms with Crippen LogP contribution in [-0.4, -0.2) is 92.2 Å². The molecule has 0 aliphatic carbocycles. The van der Waals surface area contributed by atoms with Crippen molar-refractivity contribution in [2.45, 2.75) is 199 Å². The number of ether oxygens (including phenoxy) is 3. The van der Waals surface area contributed by atoms with Crippen LogP contribution in [0.5, 0.6) is 5.75 Å². The summed E-state index contributed by atoms with van der Waals surface area (Å²) in [6.07, 6.45) is 0.861. The van der Waals surface area contributed by atoms with Gasteiger partial charge in [-0.2, -0.15) is 0 Å². The Kier molecular flexibility index (Phi) is 20.1. The van der Waals surface area contributed by atoms with Crippen molar-refractivity contribution in [2.75, 3.05) is 13.7 Å². The summed E-state index contributed by atoms with van der Waals surface area (Å²) in [5.41, 5.74) is 1.04. The Bertz CT molecular complexity index is 1500. The average Bonchev–Trinajstić information content (AvgIpc) is 3.50. The van der Waals surface area contributed by atoms with Crippen LogP contribution in [0.25, 0.3) is 0 Å². The van der Waals surface area contributed by atoms with E-state index < -0.39 is 37.1 Å². The first kappa shape index (κ1) is 54.0. The second-order valence-electron chi connectivity index (χ2n) is 21.5. The summed E-state index contributed by atoms with van der Waals surface area (Å²) in [4.78, 5) is 25.8. The van der Waals surface area contributed by atoms with Gasteiger partial charge in [-0.3, -0.25) is 4.79 Å². The van der Waals surface area contributed by atoms with Gasteiger partial charge in [0.15, 0.2) is 25.0 Å². The molecule has 0 radical (unpaired) electrons. The van der Waals surface area contributed by atoms with Crippen molar-refractivity contribution in [3.63, 3.8) is 0 Å². The second kappa shape index (κ2) is 22.0. The fraction of sp³-hybridized carbons (Fsp3) is 0.778. The number of methoxy groups -OCH3 is 1. The fourth-order valence-electron chi connectivity index (χ4n) is 6.61. The minimum atomic E-state index is -2.36. The Balaban J connectivity index is 2.45. The highest BCUT2D eigenvalue weighted by Gasteiger charge is 2.51. The number of carbonyl (C=O) groups excluding carboxylic acids is 1. The highest BCUT2D eigenvalue weighted by molar-refractivity contribution is 14.1. The molecule has 59 heavy (non-hydrogen) atoms. The maximum Gasteiger partial charge on any atom is 0.404 e. The van der Waals surface area contributed by atoms with E-state index in [0.717, 1.165) is 11.3 Å². The van der Waals surface area contributed by atoms with E-state index in [1.54, 1.807) is 7.11 Å². The quantitative estimate of drug-likeness (QED) is 0.0864. The lowest BCUT2D eigenvalue weighted by Gasteiger charge is -2.43. The summed E-state index contributed by atoms with van der Waals surface area (Å²) in [7, 11) is -5.27. The maximum atomic E-state index is 14.0. The second-order valence-corrected chi connectivity index (χ2v) is 36.5. The molecule has 14 heteroatoms. The molecular weight excluding hydrogens is 910 g/mol. The number of carbonyl (C=O) groups is 2. The highest BCUT2D eigenvalue weighted by atomic mass is 127. The summed E-state index contributed by atoms with van der Waals surface area (Å²) < 4.78 is 42.2. The SMILES string of the molecule is COc1ccc(COC(/C=C/I)C(C)CC(=O)CC(C)[C@@H]2O[C@H](C(CC(CNC(=O)O)O[Si](C)(C)C(C)(C)C)O[Si](C)(C)C(C)(C)C)C[C@@H]2O[Si](C)(C)C(C)(C)C)cc1. The summed E-state index contributed by atoms with van der Waals surface area (Å²) in [5.74, 6) is 0.816. The van der Waals surface area contributed by atoms with E-state index in [-0.39, 0.29) is 69.8 Å². The molecule has 0 aromatic heterocycles. The smallest absolute Gasteiger partial charge is 0.404 e. The van der Waals surface area contributed by atoms with Gasteiger partial charge in [-0.05, 0) is 94.1 Å². The lowest BCUT2D eigenvalue weighted by molar-refractivity contribution is -0.124. The van der Waals surface area contributed by atoms with Crippen molar-refractivity contribution in [1.29, 1.82) is 0 Å². The number of benzene rings is 1. The molecule has 1 saturated heterocycles. The van der Waals surface area contributed by atoms with Crippen molar-refractivity contribution in [3.05, 3.63) is 40.0 Å². The fourth-order valence-corrected chi connectivity index (χ4v) is 11.1. The molecule has 0 bridgehead atoms. The van der Waals surface area contributed by atoms with Crippen LogP contribution in [0.15, 0.2) is 34.4 Å². The zero-order valence-electron chi connectivity index (χ0n) is 39.9. The molecule has 2 N–H and O–H groups in total. The van der Waals surface area contributed by atoms with Crippen molar-refractivity contribution < 1.29 is 42.2 Å². The van der Waals surface area contributed by atoms with Crippen molar-refractivity contribution >= 4 is 59.4 Å². The standard InChI is InChI=1S/C45H82INO9Si3/c1-31(37(23-24-46)52-30-33-19-21-35(51-12)22-20-33)25-34(48)26-32(2)41-40(56-59(17,18)45(9,10)11)28-38(53-41)39(55-58(15,16)44(6,7)8)27-36(29-47-42(49)50)54-57(13,14)43(3,4)5/h19-24,31-32,36-41,47H,25-30H2,1-18H3,(H,49,50)/b24-23+/t31?,32?,36?,37?,38-,39?,40-,41-/m0/s1. The molecular formula is C45H82INO9Si3. The van der Waals surface area contributed by atoms with Gasteiger partial charge in [-0.1, -0.05) is 111 Å². The highest BCUT2D eigenvalue weighted by Crippen LogP contribution is 2.45. The first-order valence-electron chi connectivity index (χ1n) is 21.5. The molecule has 1 fully saturated rings. The zero-order chi connectivity index (χ0) is 45.4. The minimum Gasteiger partial charge on any atom is -0.497 e. The van der Waals surface area contributed by atoms with Crippen LogP contribution < -0.4 is 10.1 Å². The van der Waals surface area contributed by atoms with Crippen LogP contribution in [0.1, 0.15) is 107 Å². The molecule has 0 saturated carbocycles. The molecule has 1 aliphatic heterocycles. The van der Waals surface area contributed by atoms with Crippen LogP contribution in [0.3, 0.4) is 0 Å². The first-order chi connectivity index (χ1) is 26.8. The Labute approximate surface area is 375 Å². The minimum absolute atomic E-state index is 0.0290. The van der Waals surface area contributed by atoms with E-state index in [1.165, 1.54) is 0 Å². The number of amides is 1. The van der Waals surface area contributed by atoms with E-state index >= 15 is 0 Å². The average molecular weight is 992 g/mol. The van der Waals surface area contributed by atoms with E-state index in [1.807, 2.05) is 34.4 Å². The maximum absolute atomic E-state index is 14.0. The van der Waals surface area contributed by atoms with E-state index in [4.69, 9.17) is 27.5 Å². The van der Waals surface area contributed by atoms with E-state index in [2.05, 4.69) is 143 Å². The zero-order valence-corrected chi connectivity index (χ0v) is 45.1. The Morgan fingerprint density at radius 1 is 0.881 bits per heavy atom. The van der Waals surface area contributed by atoms with Crippen LogP contribution in [-0.2, 0) is 34.2 Å². The predicted molar refractivity (Wildman–Crippen MR) is 257 cm³/mol. The number of Topliss-reactive ketones (excluding diaryl/α,β-unsaturated/α-hetero) is 1. The molecule has 340 valence electrons. The molecule has 10 nitrogen and oxygen atoms in total. The first-order valence-corrected chi connectivity index (χ1v) is 31.5. The van der Waals surface area contributed by atoms with E-state index in [9.17, 15) is 14.7 Å². The van der Waals surface area contributed by atoms with Crippen LogP contribution >= 0.6 is 22.6 Å². The van der Waals surface area contributed by atoms with Crippen LogP contribution in [0.2, 0.25) is 54.4 Å². The van der Waals surface area contributed by atoms with Crippen molar-refractivity contribution in [3.8, 4) is 5.75 Å². The Hall–Kier alpha value is -1.12. The van der Waals surface area contributed by atoms with Crippen LogP contribution in [0.4, 0.5) is 4.79 Å². The van der Waals surface area contributed by atoms with Gasteiger partial charge >= 0.3 is 6.09 Å². The van der Waals surface area contributed by atoms with Gasteiger partial charge in [0.1, 0.15) is 11.5 Å². The number of hydrogen-bond acceptors (Lipinski definition) is 8. The summed E-state index contributed by atoms with van der Waals surface area (Å²) in [5, 5.41) is 12.1. The van der Waals surface area contributed by atoms with Crippen LogP contribution in [0, 0.1) is 11.8 Å². The number of ketones is 1. The van der Waals surface area contributed by atoms with Gasteiger partial charge in [0, 0.05) is 32.2 Å². The van der Waals surface area contributed by atoms with Gasteiger partial charge in [-0.25, -0.2) is 4.79 Å². The summed E-state index contributed by atoms with van der Waals surface area (Å²) >= 11 is 2.21. The third-order valence-corrected chi connectivity index (χ3v) is 27.4. The van der Waals surface area contributed by atoms with Gasteiger partial charge in [-0.15, -0.1) is 0 Å². The molecule has 8 atom stereocenters. The lowest BCUT2D eigenvalue weighted by Crippen LogP contribution is -2.51. The molecule has 1 aromatic carbocycles. The number of halogens is 1. The largest absolute Gasteiger partial charge is 0.497 e. The van der Waals surface area contributed by atoms with Gasteiger partial charge in [0.2, 0.25) is 0 Å². The molecule has 0 spiro atoms. The summed E-state index contributed by atoms with van der Waals surface area (Å²) in [6.45, 7) is 38.2. The predicted octanol–water partition coefficient (Wildman–Crippen LogP) is 12.1. The van der Waals surface area contributed by atoms with Gasteiger partial charge in [0.05, 0.1) is 50.3 Å². The number of nitrogens with one attached hydrogen (secondary N) is 1. The molecule has 5 unspecified atom stereocenters. The molecule has 1 amide bonds.